The van der Waals surface area contributed by atoms with E-state index in [1.54, 1.807) is 39.0 Å². The van der Waals surface area contributed by atoms with Gasteiger partial charge in [0.05, 0.1) is 10.0 Å². The van der Waals surface area contributed by atoms with Crippen LogP contribution in [0, 0.1) is 0 Å². The minimum absolute atomic E-state index is 0.367. The van der Waals surface area contributed by atoms with Crippen LogP contribution in [0.25, 0.3) is 0 Å². The molecular formula is C13H17Cl2NO2. The van der Waals surface area contributed by atoms with Gasteiger partial charge in [-0.25, -0.2) is 0 Å². The molecule has 0 heterocycles. The van der Waals surface area contributed by atoms with E-state index >= 15 is 0 Å². The second-order valence-electron chi connectivity index (χ2n) is 5.09. The first-order valence-electron chi connectivity index (χ1n) is 5.61. The first-order valence-corrected chi connectivity index (χ1v) is 6.37. The molecule has 0 aliphatic carbocycles. The highest BCUT2D eigenvalue weighted by molar-refractivity contribution is 6.42. The highest BCUT2D eigenvalue weighted by Crippen LogP contribution is 2.23. The molecule has 0 unspecified atom stereocenters. The van der Waals surface area contributed by atoms with Crippen molar-refractivity contribution in [2.24, 2.45) is 5.73 Å². The summed E-state index contributed by atoms with van der Waals surface area (Å²) in [5.41, 5.74) is 6.11. The van der Waals surface area contributed by atoms with Crippen LogP contribution >= 0.6 is 23.2 Å². The van der Waals surface area contributed by atoms with E-state index in [1.807, 2.05) is 0 Å². The molecule has 0 bridgehead atoms. The predicted molar refractivity (Wildman–Crippen MR) is 74.0 cm³/mol. The van der Waals surface area contributed by atoms with Crippen LogP contribution in [0.2, 0.25) is 10.0 Å². The number of rotatable bonds is 3. The topological polar surface area (TPSA) is 52.3 Å². The Morgan fingerprint density at radius 2 is 1.94 bits per heavy atom. The van der Waals surface area contributed by atoms with Gasteiger partial charge in [0.25, 0.3) is 0 Å². The second kappa shape index (κ2) is 5.91. The molecule has 2 N–H and O–H groups in total. The number of benzene rings is 1. The van der Waals surface area contributed by atoms with E-state index in [9.17, 15) is 4.79 Å². The van der Waals surface area contributed by atoms with Crippen LogP contribution in [0.5, 0.6) is 0 Å². The third-order valence-electron chi connectivity index (χ3n) is 2.15. The molecule has 0 spiro atoms. The van der Waals surface area contributed by atoms with Gasteiger partial charge < -0.3 is 10.5 Å². The van der Waals surface area contributed by atoms with Gasteiger partial charge in [0.1, 0.15) is 11.6 Å². The zero-order chi connectivity index (χ0) is 13.9. The Labute approximate surface area is 117 Å². The molecule has 100 valence electrons. The number of hydrogen-bond acceptors (Lipinski definition) is 3. The van der Waals surface area contributed by atoms with Crippen molar-refractivity contribution in [2.45, 2.75) is 38.8 Å². The van der Waals surface area contributed by atoms with Gasteiger partial charge in [0.15, 0.2) is 0 Å². The largest absolute Gasteiger partial charge is 0.459 e. The third kappa shape index (κ3) is 4.84. The average Bonchev–Trinajstić information content (AvgIpc) is 2.21. The molecule has 0 aliphatic heterocycles. The molecule has 1 aromatic rings. The molecular weight excluding hydrogens is 273 g/mol. The van der Waals surface area contributed by atoms with Crippen LogP contribution in [0.4, 0.5) is 0 Å². The Kier molecular flexibility index (Phi) is 5.02. The molecule has 0 saturated heterocycles. The van der Waals surface area contributed by atoms with Crippen LogP contribution in [-0.2, 0) is 16.0 Å². The van der Waals surface area contributed by atoms with Gasteiger partial charge in [-0.05, 0) is 44.9 Å². The lowest BCUT2D eigenvalue weighted by atomic mass is 10.1. The SMILES string of the molecule is CC(C)(C)OC(=O)[C@@H](N)Cc1ccc(Cl)c(Cl)c1. The molecule has 18 heavy (non-hydrogen) atoms. The number of halogens is 2. The number of hydrogen-bond donors (Lipinski definition) is 1. The van der Waals surface area contributed by atoms with E-state index in [-0.39, 0.29) is 0 Å². The number of ether oxygens (including phenoxy) is 1. The van der Waals surface area contributed by atoms with Crippen molar-refractivity contribution >= 4 is 29.2 Å². The molecule has 1 aromatic carbocycles. The van der Waals surface area contributed by atoms with E-state index in [1.165, 1.54) is 0 Å². The molecule has 0 aliphatic rings. The van der Waals surface area contributed by atoms with E-state index < -0.39 is 17.6 Å². The van der Waals surface area contributed by atoms with Gasteiger partial charge in [-0.1, -0.05) is 29.3 Å². The minimum Gasteiger partial charge on any atom is -0.459 e. The Balaban J connectivity index is 2.66. The van der Waals surface area contributed by atoms with Crippen molar-refractivity contribution in [2.75, 3.05) is 0 Å². The molecule has 0 aromatic heterocycles. The monoisotopic (exact) mass is 289 g/mol. The summed E-state index contributed by atoms with van der Waals surface area (Å²) in [6.45, 7) is 5.41. The average molecular weight is 290 g/mol. The summed E-state index contributed by atoms with van der Waals surface area (Å²) in [5, 5.41) is 0.928. The summed E-state index contributed by atoms with van der Waals surface area (Å²) < 4.78 is 5.20. The Hall–Kier alpha value is -0.770. The fourth-order valence-corrected chi connectivity index (χ4v) is 1.70. The Morgan fingerprint density at radius 3 is 2.44 bits per heavy atom. The summed E-state index contributed by atoms with van der Waals surface area (Å²) in [5.74, 6) is -0.423. The van der Waals surface area contributed by atoms with E-state index in [4.69, 9.17) is 33.7 Å². The first kappa shape index (κ1) is 15.3. The molecule has 0 radical (unpaired) electrons. The summed E-state index contributed by atoms with van der Waals surface area (Å²) in [7, 11) is 0. The predicted octanol–water partition coefficient (Wildman–Crippen LogP) is 3.20. The Bertz CT molecular complexity index is 441. The fraction of sp³-hybridized carbons (Fsp3) is 0.462. The normalized spacial score (nSPS) is 13.2. The van der Waals surface area contributed by atoms with Crippen molar-refractivity contribution < 1.29 is 9.53 Å². The molecule has 0 amide bonds. The molecule has 5 heteroatoms. The van der Waals surface area contributed by atoms with Crippen molar-refractivity contribution in [1.29, 1.82) is 0 Å². The van der Waals surface area contributed by atoms with Gasteiger partial charge in [0, 0.05) is 0 Å². The number of carbonyl (C=O) groups is 1. The number of esters is 1. The van der Waals surface area contributed by atoms with Gasteiger partial charge in [-0.15, -0.1) is 0 Å². The maximum Gasteiger partial charge on any atom is 0.323 e. The minimum atomic E-state index is -0.707. The quantitative estimate of drug-likeness (QED) is 0.870. The summed E-state index contributed by atoms with van der Waals surface area (Å²) in [6, 6.07) is 4.47. The first-order chi connectivity index (χ1) is 8.19. The highest BCUT2D eigenvalue weighted by Gasteiger charge is 2.22. The van der Waals surface area contributed by atoms with Crippen LogP contribution in [0.15, 0.2) is 18.2 Å². The van der Waals surface area contributed by atoms with Crippen LogP contribution < -0.4 is 5.73 Å². The lowest BCUT2D eigenvalue weighted by molar-refractivity contribution is -0.156. The lowest BCUT2D eigenvalue weighted by Gasteiger charge is -2.22. The van der Waals surface area contributed by atoms with E-state index in [2.05, 4.69) is 0 Å². The summed E-state index contributed by atoms with van der Waals surface area (Å²) in [6.07, 6.45) is 0.367. The van der Waals surface area contributed by atoms with Crippen molar-refractivity contribution in [3.05, 3.63) is 33.8 Å². The van der Waals surface area contributed by atoms with Crippen molar-refractivity contribution in [1.82, 2.24) is 0 Å². The van der Waals surface area contributed by atoms with Crippen molar-refractivity contribution in [3.63, 3.8) is 0 Å². The fourth-order valence-electron chi connectivity index (χ4n) is 1.38. The zero-order valence-corrected chi connectivity index (χ0v) is 12.2. The maximum absolute atomic E-state index is 11.7. The summed E-state index contributed by atoms with van der Waals surface area (Å²) >= 11 is 11.7. The van der Waals surface area contributed by atoms with E-state index in [0.29, 0.717) is 16.5 Å². The van der Waals surface area contributed by atoms with E-state index in [0.717, 1.165) is 5.56 Å². The standard InChI is InChI=1S/C13H17Cl2NO2/c1-13(2,3)18-12(17)11(16)7-8-4-5-9(14)10(15)6-8/h4-6,11H,7,16H2,1-3H3/t11-/m0/s1. The van der Waals surface area contributed by atoms with Crippen LogP contribution in [0.3, 0.4) is 0 Å². The second-order valence-corrected chi connectivity index (χ2v) is 5.91. The van der Waals surface area contributed by atoms with Crippen LogP contribution in [-0.4, -0.2) is 17.6 Å². The number of carbonyl (C=O) groups excluding carboxylic acids is 1. The molecule has 0 saturated carbocycles. The Morgan fingerprint density at radius 1 is 1.33 bits per heavy atom. The van der Waals surface area contributed by atoms with Crippen LogP contribution in [0.1, 0.15) is 26.3 Å². The smallest absolute Gasteiger partial charge is 0.323 e. The number of nitrogens with two attached hydrogens (primary N) is 1. The van der Waals surface area contributed by atoms with Gasteiger partial charge in [-0.3, -0.25) is 4.79 Å². The third-order valence-corrected chi connectivity index (χ3v) is 2.89. The molecule has 3 nitrogen and oxygen atoms in total. The van der Waals surface area contributed by atoms with Gasteiger partial charge in [0.2, 0.25) is 0 Å². The summed E-state index contributed by atoms with van der Waals surface area (Å²) in [4.78, 5) is 11.7. The maximum atomic E-state index is 11.7. The van der Waals surface area contributed by atoms with Gasteiger partial charge in [-0.2, -0.15) is 0 Å². The molecule has 1 rings (SSSR count). The molecule has 0 fully saturated rings. The lowest BCUT2D eigenvalue weighted by Crippen LogP contribution is -2.38. The highest BCUT2D eigenvalue weighted by atomic mass is 35.5. The van der Waals surface area contributed by atoms with Gasteiger partial charge >= 0.3 is 5.97 Å². The van der Waals surface area contributed by atoms with Crippen molar-refractivity contribution in [3.8, 4) is 0 Å². The zero-order valence-electron chi connectivity index (χ0n) is 10.7. The molecule has 1 atom stereocenters.